The standard InChI is InChI=1S/C11H17N3O3/c1-15-5-8(12)11-13-10(14-17-11)7-4-6-2-3-9(7)16-6/h6-9H,2-5,12H2,1H3. The van der Waals surface area contributed by atoms with Crippen molar-refractivity contribution in [2.24, 2.45) is 5.73 Å². The molecule has 2 aliphatic rings. The van der Waals surface area contributed by atoms with Crippen molar-refractivity contribution in [3.05, 3.63) is 11.7 Å². The van der Waals surface area contributed by atoms with Crippen LogP contribution in [0.1, 0.15) is 42.9 Å². The smallest absolute Gasteiger partial charge is 0.245 e. The molecule has 17 heavy (non-hydrogen) atoms. The van der Waals surface area contributed by atoms with Crippen molar-refractivity contribution in [3.63, 3.8) is 0 Å². The van der Waals surface area contributed by atoms with Crippen molar-refractivity contribution in [2.45, 2.75) is 43.4 Å². The molecule has 2 saturated heterocycles. The van der Waals surface area contributed by atoms with Crippen LogP contribution in [0, 0.1) is 0 Å². The van der Waals surface area contributed by atoms with Gasteiger partial charge in [-0.15, -0.1) is 0 Å². The number of nitrogens with zero attached hydrogens (tertiary/aromatic N) is 2. The van der Waals surface area contributed by atoms with Gasteiger partial charge in [0.1, 0.15) is 6.04 Å². The fourth-order valence-corrected chi connectivity index (χ4v) is 2.71. The van der Waals surface area contributed by atoms with E-state index in [1.54, 1.807) is 7.11 Å². The Balaban J connectivity index is 1.72. The molecule has 0 saturated carbocycles. The van der Waals surface area contributed by atoms with Crippen LogP contribution >= 0.6 is 0 Å². The van der Waals surface area contributed by atoms with E-state index in [1.807, 2.05) is 0 Å². The lowest BCUT2D eigenvalue weighted by molar-refractivity contribution is 0.0996. The van der Waals surface area contributed by atoms with E-state index < -0.39 is 0 Å². The molecule has 6 nitrogen and oxygen atoms in total. The van der Waals surface area contributed by atoms with E-state index in [1.165, 1.54) is 0 Å². The van der Waals surface area contributed by atoms with Gasteiger partial charge in [0.2, 0.25) is 5.89 Å². The first-order valence-corrected chi connectivity index (χ1v) is 6.01. The van der Waals surface area contributed by atoms with Crippen LogP contribution in [0.5, 0.6) is 0 Å². The third-order valence-corrected chi connectivity index (χ3v) is 3.56. The van der Waals surface area contributed by atoms with Gasteiger partial charge in [-0.1, -0.05) is 5.16 Å². The molecule has 0 amide bonds. The summed E-state index contributed by atoms with van der Waals surface area (Å²) in [6.45, 7) is 0.384. The molecule has 4 atom stereocenters. The zero-order valence-corrected chi connectivity index (χ0v) is 9.83. The molecule has 1 aromatic heterocycles. The minimum atomic E-state index is -0.347. The summed E-state index contributed by atoms with van der Waals surface area (Å²) >= 11 is 0. The minimum absolute atomic E-state index is 0.268. The van der Waals surface area contributed by atoms with Crippen molar-refractivity contribution in [2.75, 3.05) is 13.7 Å². The maximum atomic E-state index is 5.84. The number of hydrogen-bond donors (Lipinski definition) is 1. The fourth-order valence-electron chi connectivity index (χ4n) is 2.71. The third-order valence-electron chi connectivity index (χ3n) is 3.56. The van der Waals surface area contributed by atoms with E-state index in [-0.39, 0.29) is 18.1 Å². The second-order valence-electron chi connectivity index (χ2n) is 4.77. The van der Waals surface area contributed by atoms with Gasteiger partial charge >= 0.3 is 0 Å². The molecule has 1 aromatic rings. The number of ether oxygens (including phenoxy) is 2. The zero-order chi connectivity index (χ0) is 11.8. The second-order valence-corrected chi connectivity index (χ2v) is 4.77. The Morgan fingerprint density at radius 2 is 2.41 bits per heavy atom. The van der Waals surface area contributed by atoms with Gasteiger partial charge in [0, 0.05) is 7.11 Å². The molecule has 2 bridgehead atoms. The highest BCUT2D eigenvalue weighted by atomic mass is 16.5. The molecule has 2 aliphatic heterocycles. The molecule has 4 unspecified atom stereocenters. The Bertz CT molecular complexity index is 395. The summed E-state index contributed by atoms with van der Waals surface area (Å²) in [7, 11) is 1.60. The van der Waals surface area contributed by atoms with Crippen LogP contribution in [0.25, 0.3) is 0 Å². The van der Waals surface area contributed by atoms with Crippen LogP contribution in [0.2, 0.25) is 0 Å². The summed E-state index contributed by atoms with van der Waals surface area (Å²) in [5.74, 6) is 1.46. The van der Waals surface area contributed by atoms with Gasteiger partial charge in [-0.3, -0.25) is 0 Å². The van der Waals surface area contributed by atoms with Gasteiger partial charge in [0.15, 0.2) is 5.82 Å². The molecule has 3 heterocycles. The van der Waals surface area contributed by atoms with E-state index in [2.05, 4.69) is 10.1 Å². The quantitative estimate of drug-likeness (QED) is 0.834. The first-order chi connectivity index (χ1) is 8.28. The molecule has 2 N–H and O–H groups in total. The lowest BCUT2D eigenvalue weighted by Gasteiger charge is -2.13. The third kappa shape index (κ3) is 1.96. The molecule has 0 aromatic carbocycles. The van der Waals surface area contributed by atoms with Crippen LogP contribution < -0.4 is 5.73 Å². The molecular formula is C11H17N3O3. The number of aromatic nitrogens is 2. The molecule has 3 rings (SSSR count). The van der Waals surface area contributed by atoms with Gasteiger partial charge in [-0.2, -0.15) is 4.98 Å². The average Bonchev–Trinajstić information content (AvgIpc) is 3.05. The van der Waals surface area contributed by atoms with E-state index >= 15 is 0 Å². The number of methoxy groups -OCH3 is 1. The minimum Gasteiger partial charge on any atom is -0.383 e. The van der Waals surface area contributed by atoms with Crippen molar-refractivity contribution in [3.8, 4) is 0 Å². The molecule has 2 fully saturated rings. The topological polar surface area (TPSA) is 83.4 Å². The highest BCUT2D eigenvalue weighted by Crippen LogP contribution is 2.43. The summed E-state index contributed by atoms with van der Waals surface area (Å²) in [6.07, 6.45) is 3.92. The number of nitrogens with two attached hydrogens (primary N) is 1. The summed E-state index contributed by atoms with van der Waals surface area (Å²) in [5, 5.41) is 4.02. The largest absolute Gasteiger partial charge is 0.383 e. The molecule has 0 radical (unpaired) electrons. The van der Waals surface area contributed by atoms with E-state index in [4.69, 9.17) is 19.7 Å². The number of fused-ring (bicyclic) bond motifs is 2. The van der Waals surface area contributed by atoms with E-state index in [0.717, 1.165) is 25.1 Å². The highest BCUT2D eigenvalue weighted by Gasteiger charge is 2.43. The summed E-state index contributed by atoms with van der Waals surface area (Å²) < 4.78 is 15.9. The Morgan fingerprint density at radius 3 is 3.06 bits per heavy atom. The van der Waals surface area contributed by atoms with Crippen LogP contribution in [0.4, 0.5) is 0 Å². The lowest BCUT2D eigenvalue weighted by atomic mass is 9.89. The SMILES string of the molecule is COCC(N)c1nc(C2CC3CCC2O3)no1. The first kappa shape index (κ1) is 11.1. The Morgan fingerprint density at radius 1 is 1.53 bits per heavy atom. The Hall–Kier alpha value is -0.980. The predicted molar refractivity (Wildman–Crippen MR) is 58.4 cm³/mol. The first-order valence-electron chi connectivity index (χ1n) is 6.01. The van der Waals surface area contributed by atoms with Gasteiger partial charge in [-0.25, -0.2) is 0 Å². The van der Waals surface area contributed by atoms with Crippen molar-refractivity contribution < 1.29 is 14.0 Å². The molecule has 94 valence electrons. The second kappa shape index (κ2) is 4.36. The van der Waals surface area contributed by atoms with Gasteiger partial charge in [0.05, 0.1) is 24.7 Å². The van der Waals surface area contributed by atoms with Crippen LogP contribution in [0.15, 0.2) is 4.52 Å². The highest BCUT2D eigenvalue weighted by molar-refractivity contribution is 5.07. The lowest BCUT2D eigenvalue weighted by Crippen LogP contribution is -2.18. The average molecular weight is 239 g/mol. The molecular weight excluding hydrogens is 222 g/mol. The summed E-state index contributed by atoms with van der Waals surface area (Å²) in [6, 6.07) is -0.347. The molecule has 6 heteroatoms. The van der Waals surface area contributed by atoms with Gasteiger partial charge in [-0.05, 0) is 19.3 Å². The van der Waals surface area contributed by atoms with E-state index in [0.29, 0.717) is 18.6 Å². The van der Waals surface area contributed by atoms with Crippen molar-refractivity contribution >= 4 is 0 Å². The van der Waals surface area contributed by atoms with Crippen LogP contribution in [0.3, 0.4) is 0 Å². The van der Waals surface area contributed by atoms with Gasteiger partial charge < -0.3 is 19.7 Å². The zero-order valence-electron chi connectivity index (χ0n) is 9.83. The van der Waals surface area contributed by atoms with Crippen LogP contribution in [-0.2, 0) is 9.47 Å². The normalized spacial score (nSPS) is 33.2. The Kier molecular flexibility index (Phi) is 2.85. The van der Waals surface area contributed by atoms with E-state index in [9.17, 15) is 0 Å². The maximum Gasteiger partial charge on any atom is 0.245 e. The van der Waals surface area contributed by atoms with Gasteiger partial charge in [0.25, 0.3) is 0 Å². The summed E-state index contributed by atoms with van der Waals surface area (Å²) in [5.41, 5.74) is 5.84. The Labute approximate surface area is 99.5 Å². The predicted octanol–water partition coefficient (Wildman–Crippen LogP) is 0.751. The van der Waals surface area contributed by atoms with Crippen molar-refractivity contribution in [1.82, 2.24) is 10.1 Å². The summed E-state index contributed by atoms with van der Waals surface area (Å²) in [4.78, 5) is 4.37. The van der Waals surface area contributed by atoms with Crippen LogP contribution in [-0.4, -0.2) is 36.1 Å². The number of hydrogen-bond acceptors (Lipinski definition) is 6. The maximum absolute atomic E-state index is 5.84. The monoisotopic (exact) mass is 239 g/mol. The molecule has 0 spiro atoms. The van der Waals surface area contributed by atoms with Crippen molar-refractivity contribution in [1.29, 1.82) is 0 Å². The molecule has 0 aliphatic carbocycles. The fraction of sp³-hybridized carbons (Fsp3) is 0.818. The number of rotatable bonds is 4.